The number of hydrogen-bond acceptors (Lipinski definition) is 6. The van der Waals surface area contributed by atoms with Crippen LogP contribution >= 0.6 is 22.7 Å². The Hall–Kier alpha value is -2.52. The summed E-state index contributed by atoms with van der Waals surface area (Å²) >= 11 is 2.49. The molecule has 3 rings (SSSR count). The lowest BCUT2D eigenvalue weighted by Gasteiger charge is -2.04. The maximum absolute atomic E-state index is 13.6. The lowest BCUT2D eigenvalue weighted by molar-refractivity contribution is -0.115. The first-order valence-electron chi connectivity index (χ1n) is 7.52. The van der Waals surface area contributed by atoms with Gasteiger partial charge in [-0.15, -0.1) is 22.7 Å². The fourth-order valence-electron chi connectivity index (χ4n) is 2.30. The summed E-state index contributed by atoms with van der Waals surface area (Å²) in [6, 6.07) is 3.44. The second-order valence-electron chi connectivity index (χ2n) is 5.43. The summed E-state index contributed by atoms with van der Waals surface area (Å²) in [6.07, 6.45) is -0.439. The molecule has 0 aliphatic carbocycles. The maximum Gasteiger partial charge on any atom is 0.230 e. The second kappa shape index (κ2) is 7.38. The van der Waals surface area contributed by atoms with Crippen LogP contribution in [-0.2, 0) is 11.2 Å². The molecule has 5 nitrogen and oxygen atoms in total. The Labute approximate surface area is 155 Å². The van der Waals surface area contributed by atoms with Crippen molar-refractivity contribution in [3.8, 4) is 10.6 Å². The minimum atomic E-state index is -0.772. The highest BCUT2D eigenvalue weighted by molar-refractivity contribution is 7.17. The van der Waals surface area contributed by atoms with E-state index in [1.807, 2.05) is 0 Å². The Morgan fingerprint density at radius 3 is 2.54 bits per heavy atom. The third kappa shape index (κ3) is 3.83. The van der Waals surface area contributed by atoms with Gasteiger partial charge in [-0.3, -0.25) is 9.59 Å². The van der Waals surface area contributed by atoms with E-state index in [-0.39, 0.29) is 16.5 Å². The molecule has 2 aromatic heterocycles. The zero-order valence-corrected chi connectivity index (χ0v) is 15.4. The van der Waals surface area contributed by atoms with Crippen LogP contribution in [-0.4, -0.2) is 21.7 Å². The first-order valence-corrected chi connectivity index (χ1v) is 9.21. The highest BCUT2D eigenvalue weighted by Crippen LogP contribution is 2.32. The van der Waals surface area contributed by atoms with Crippen LogP contribution < -0.4 is 5.32 Å². The number of thiazole rings is 2. The number of rotatable bonds is 5. The molecule has 0 saturated heterocycles. The fraction of sp³-hybridized carbons (Fsp3) is 0.176. The van der Waals surface area contributed by atoms with Crippen LogP contribution in [0.15, 0.2) is 23.6 Å². The number of aromatic nitrogens is 2. The Bertz CT molecular complexity index is 978. The number of nitrogens with zero attached hydrogens (tertiary/aromatic N) is 2. The average Bonchev–Trinajstić information content (AvgIpc) is 3.17. The number of hydrogen-bond donors (Lipinski definition) is 1. The summed E-state index contributed by atoms with van der Waals surface area (Å²) in [5, 5.41) is 5.23. The van der Waals surface area contributed by atoms with E-state index in [1.165, 1.54) is 24.3 Å². The summed E-state index contributed by atoms with van der Waals surface area (Å²) < 4.78 is 27.3. The molecule has 9 heteroatoms. The number of aryl methyl sites for hydroxylation is 1. The van der Waals surface area contributed by atoms with Crippen molar-refractivity contribution >= 4 is 39.5 Å². The van der Waals surface area contributed by atoms with Gasteiger partial charge in [0.1, 0.15) is 17.3 Å². The fourth-order valence-corrected chi connectivity index (χ4v) is 4.02. The van der Waals surface area contributed by atoms with Crippen molar-refractivity contribution in [2.75, 3.05) is 5.32 Å². The van der Waals surface area contributed by atoms with Crippen LogP contribution in [0, 0.1) is 18.6 Å². The Morgan fingerprint density at radius 2 is 1.88 bits per heavy atom. The number of anilines is 1. The average molecular weight is 393 g/mol. The number of carbonyl (C=O) groups is 2. The van der Waals surface area contributed by atoms with Crippen molar-refractivity contribution in [3.05, 3.63) is 51.5 Å². The van der Waals surface area contributed by atoms with Gasteiger partial charge in [0.25, 0.3) is 0 Å². The van der Waals surface area contributed by atoms with Gasteiger partial charge < -0.3 is 5.32 Å². The van der Waals surface area contributed by atoms with Crippen molar-refractivity contribution < 1.29 is 18.4 Å². The number of halogens is 2. The number of nitrogens with one attached hydrogen (secondary N) is 1. The van der Waals surface area contributed by atoms with E-state index in [0.29, 0.717) is 16.3 Å². The van der Waals surface area contributed by atoms with E-state index in [9.17, 15) is 18.4 Å². The molecular weight excluding hydrogens is 380 g/mol. The van der Waals surface area contributed by atoms with Gasteiger partial charge in [-0.2, -0.15) is 0 Å². The van der Waals surface area contributed by atoms with E-state index < -0.39 is 24.0 Å². The lowest BCUT2D eigenvalue weighted by atomic mass is 10.1. The Kier molecular flexibility index (Phi) is 5.19. The van der Waals surface area contributed by atoms with Crippen molar-refractivity contribution in [2.24, 2.45) is 0 Å². The predicted octanol–water partition coefficient (Wildman–Crippen LogP) is 4.24. The van der Waals surface area contributed by atoms with Gasteiger partial charge in [0.15, 0.2) is 10.9 Å². The normalized spacial score (nSPS) is 10.8. The van der Waals surface area contributed by atoms with Gasteiger partial charge in [0.2, 0.25) is 5.91 Å². The Morgan fingerprint density at radius 1 is 1.19 bits per heavy atom. The minimum absolute atomic E-state index is 0.169. The third-order valence-corrected chi connectivity index (χ3v) is 5.20. The standard InChI is InChI=1S/C17H13F2N3O2S2/c1-8(23)15-16(26-9(2)20-15)13-7-25-17(21-13)22-14(24)6-10-11(18)4-3-5-12(10)19/h3-5,7H,6H2,1-2H3,(H,21,22,24). The molecule has 3 aromatic rings. The number of benzene rings is 1. The molecule has 134 valence electrons. The van der Waals surface area contributed by atoms with Crippen molar-refractivity contribution in [1.29, 1.82) is 0 Å². The summed E-state index contributed by atoms with van der Waals surface area (Å²) in [5.41, 5.74) is 0.570. The summed E-state index contributed by atoms with van der Waals surface area (Å²) in [5.74, 6) is -2.29. The number of Topliss-reactive ketones (excluding diaryl/α,β-unsaturated/α-hetero) is 1. The molecule has 1 N–H and O–H groups in total. The Balaban J connectivity index is 1.77. The molecule has 0 bridgehead atoms. The molecule has 2 heterocycles. The number of carbonyl (C=O) groups excluding carboxylic acids is 2. The van der Waals surface area contributed by atoms with E-state index in [4.69, 9.17) is 0 Å². The predicted molar refractivity (Wildman–Crippen MR) is 96.7 cm³/mol. The van der Waals surface area contributed by atoms with Gasteiger partial charge in [-0.25, -0.2) is 18.7 Å². The number of ketones is 1. The summed E-state index contributed by atoms with van der Waals surface area (Å²) in [7, 11) is 0. The molecule has 0 spiro atoms. The van der Waals surface area contributed by atoms with Crippen molar-refractivity contribution in [1.82, 2.24) is 9.97 Å². The highest BCUT2D eigenvalue weighted by Gasteiger charge is 2.19. The second-order valence-corrected chi connectivity index (χ2v) is 7.49. The quantitative estimate of drug-likeness (QED) is 0.658. The van der Waals surface area contributed by atoms with Gasteiger partial charge in [0, 0.05) is 17.9 Å². The van der Waals surface area contributed by atoms with E-state index in [0.717, 1.165) is 28.5 Å². The molecule has 0 fully saturated rings. The largest absolute Gasteiger partial charge is 0.302 e. The van der Waals surface area contributed by atoms with Crippen LogP contribution in [0.3, 0.4) is 0 Å². The zero-order chi connectivity index (χ0) is 18.8. The topological polar surface area (TPSA) is 72.0 Å². The van der Waals surface area contributed by atoms with Crippen LogP contribution in [0.4, 0.5) is 13.9 Å². The molecule has 0 radical (unpaired) electrons. The lowest BCUT2D eigenvalue weighted by Crippen LogP contribution is -2.16. The molecule has 0 saturated carbocycles. The molecule has 1 aromatic carbocycles. The van der Waals surface area contributed by atoms with Gasteiger partial charge in [0.05, 0.1) is 22.0 Å². The minimum Gasteiger partial charge on any atom is -0.302 e. The summed E-state index contributed by atoms with van der Waals surface area (Å²) in [4.78, 5) is 32.9. The highest BCUT2D eigenvalue weighted by atomic mass is 32.1. The molecule has 0 atom stereocenters. The number of amides is 1. The van der Waals surface area contributed by atoms with Crippen molar-refractivity contribution in [2.45, 2.75) is 20.3 Å². The smallest absolute Gasteiger partial charge is 0.230 e. The van der Waals surface area contributed by atoms with Gasteiger partial charge in [-0.05, 0) is 19.1 Å². The van der Waals surface area contributed by atoms with Crippen LogP contribution in [0.2, 0.25) is 0 Å². The monoisotopic (exact) mass is 393 g/mol. The van der Waals surface area contributed by atoms with Crippen LogP contribution in [0.25, 0.3) is 10.6 Å². The van der Waals surface area contributed by atoms with Crippen LogP contribution in [0.1, 0.15) is 28.0 Å². The SMILES string of the molecule is CC(=O)c1nc(C)sc1-c1csc(NC(=O)Cc2c(F)cccc2F)n1. The van der Waals surface area contributed by atoms with E-state index in [2.05, 4.69) is 15.3 Å². The van der Waals surface area contributed by atoms with Crippen LogP contribution in [0.5, 0.6) is 0 Å². The molecular formula is C17H13F2N3O2S2. The first kappa shape index (κ1) is 18.3. The molecule has 26 heavy (non-hydrogen) atoms. The maximum atomic E-state index is 13.6. The molecule has 0 aliphatic rings. The third-order valence-electron chi connectivity index (χ3n) is 3.45. The molecule has 0 aliphatic heterocycles. The van der Waals surface area contributed by atoms with Gasteiger partial charge in [-0.1, -0.05) is 6.07 Å². The zero-order valence-electron chi connectivity index (χ0n) is 13.8. The molecule has 0 unspecified atom stereocenters. The van der Waals surface area contributed by atoms with Gasteiger partial charge >= 0.3 is 0 Å². The summed E-state index contributed by atoms with van der Waals surface area (Å²) in [6.45, 7) is 3.22. The van der Waals surface area contributed by atoms with E-state index in [1.54, 1.807) is 12.3 Å². The first-order chi connectivity index (χ1) is 12.3. The van der Waals surface area contributed by atoms with Crippen molar-refractivity contribution in [3.63, 3.8) is 0 Å². The molecule has 1 amide bonds. The van der Waals surface area contributed by atoms with E-state index >= 15 is 0 Å².